The SMILES string of the molecule is Oc1ccccc1C=NCCN=Cc1cccc(O)c1O. The molecule has 0 aliphatic heterocycles. The van der Waals surface area contributed by atoms with E-state index >= 15 is 0 Å². The van der Waals surface area contributed by atoms with E-state index in [0.717, 1.165) is 0 Å². The predicted molar refractivity (Wildman–Crippen MR) is 82.8 cm³/mol. The summed E-state index contributed by atoms with van der Waals surface area (Å²) in [7, 11) is 0. The Morgan fingerprint density at radius 2 is 1.29 bits per heavy atom. The molecule has 5 heteroatoms. The smallest absolute Gasteiger partial charge is 0.166 e. The molecule has 3 N–H and O–H groups in total. The number of aromatic hydroxyl groups is 3. The molecule has 0 fully saturated rings. The van der Waals surface area contributed by atoms with Gasteiger partial charge in [0.2, 0.25) is 0 Å². The van der Waals surface area contributed by atoms with Gasteiger partial charge in [0, 0.05) is 23.6 Å². The normalized spacial score (nSPS) is 11.4. The molecule has 0 saturated heterocycles. The third kappa shape index (κ3) is 4.07. The Bertz CT molecular complexity index is 666. The number of rotatable bonds is 5. The molecular formula is C16H16N2O3. The number of phenols is 3. The molecule has 0 radical (unpaired) electrons. The lowest BCUT2D eigenvalue weighted by atomic mass is 10.2. The average molecular weight is 284 g/mol. The van der Waals surface area contributed by atoms with Gasteiger partial charge in [-0.25, -0.2) is 0 Å². The zero-order valence-corrected chi connectivity index (χ0v) is 11.3. The van der Waals surface area contributed by atoms with Crippen LogP contribution in [0, 0.1) is 0 Å². The van der Waals surface area contributed by atoms with Gasteiger partial charge < -0.3 is 15.3 Å². The van der Waals surface area contributed by atoms with E-state index in [0.29, 0.717) is 24.2 Å². The van der Waals surface area contributed by atoms with E-state index in [2.05, 4.69) is 9.98 Å². The molecule has 0 spiro atoms. The second kappa shape index (κ2) is 7.09. The van der Waals surface area contributed by atoms with E-state index in [-0.39, 0.29) is 17.2 Å². The van der Waals surface area contributed by atoms with Crippen molar-refractivity contribution in [1.29, 1.82) is 0 Å². The first-order valence-electron chi connectivity index (χ1n) is 6.47. The van der Waals surface area contributed by atoms with Crippen molar-refractivity contribution in [3.8, 4) is 17.2 Å². The van der Waals surface area contributed by atoms with Gasteiger partial charge in [0.25, 0.3) is 0 Å². The Morgan fingerprint density at radius 1 is 0.714 bits per heavy atom. The zero-order valence-electron chi connectivity index (χ0n) is 11.3. The van der Waals surface area contributed by atoms with Crippen molar-refractivity contribution >= 4 is 12.4 Å². The highest BCUT2D eigenvalue weighted by Crippen LogP contribution is 2.26. The molecule has 0 aromatic heterocycles. The summed E-state index contributed by atoms with van der Waals surface area (Å²) in [4.78, 5) is 8.29. The van der Waals surface area contributed by atoms with E-state index in [1.54, 1.807) is 36.5 Å². The summed E-state index contributed by atoms with van der Waals surface area (Å²) in [6.07, 6.45) is 3.08. The largest absolute Gasteiger partial charge is 0.507 e. The first-order chi connectivity index (χ1) is 10.2. The Balaban J connectivity index is 1.86. The maximum absolute atomic E-state index is 9.58. The Kier molecular flexibility index (Phi) is 4.93. The maximum Gasteiger partial charge on any atom is 0.166 e. The van der Waals surface area contributed by atoms with Crippen molar-refractivity contribution in [2.24, 2.45) is 9.98 Å². The fraction of sp³-hybridized carbons (Fsp3) is 0.125. The van der Waals surface area contributed by atoms with Crippen LogP contribution in [-0.4, -0.2) is 40.8 Å². The first kappa shape index (κ1) is 14.6. The number of para-hydroxylation sites is 2. The minimum Gasteiger partial charge on any atom is -0.507 e. The zero-order chi connectivity index (χ0) is 15.1. The summed E-state index contributed by atoms with van der Waals surface area (Å²) in [6, 6.07) is 11.6. The summed E-state index contributed by atoms with van der Waals surface area (Å²) >= 11 is 0. The lowest BCUT2D eigenvalue weighted by Gasteiger charge is -2.00. The van der Waals surface area contributed by atoms with Crippen LogP contribution in [0.25, 0.3) is 0 Å². The molecule has 2 aromatic carbocycles. The average Bonchev–Trinajstić information content (AvgIpc) is 2.48. The minimum absolute atomic E-state index is 0.170. The van der Waals surface area contributed by atoms with Crippen molar-refractivity contribution in [2.75, 3.05) is 13.1 Å². The molecule has 21 heavy (non-hydrogen) atoms. The van der Waals surface area contributed by atoms with E-state index < -0.39 is 0 Å². The molecule has 0 aliphatic rings. The van der Waals surface area contributed by atoms with Gasteiger partial charge in [0.15, 0.2) is 11.5 Å². The van der Waals surface area contributed by atoms with Crippen LogP contribution in [0.3, 0.4) is 0 Å². The van der Waals surface area contributed by atoms with Gasteiger partial charge in [0.05, 0.1) is 13.1 Å². The van der Waals surface area contributed by atoms with Crippen molar-refractivity contribution in [3.05, 3.63) is 53.6 Å². The van der Waals surface area contributed by atoms with Crippen LogP contribution >= 0.6 is 0 Å². The summed E-state index contributed by atoms with van der Waals surface area (Å²) in [5.41, 5.74) is 1.12. The molecule has 0 aliphatic carbocycles. The molecule has 108 valence electrons. The Hall–Kier alpha value is -2.82. The molecule has 0 saturated carbocycles. The summed E-state index contributed by atoms with van der Waals surface area (Å²) in [5, 5.41) is 28.5. The van der Waals surface area contributed by atoms with Crippen LogP contribution in [0.5, 0.6) is 17.2 Å². The first-order valence-corrected chi connectivity index (χ1v) is 6.47. The number of hydrogen-bond acceptors (Lipinski definition) is 5. The lowest BCUT2D eigenvalue weighted by Crippen LogP contribution is -1.91. The van der Waals surface area contributed by atoms with Crippen molar-refractivity contribution in [3.63, 3.8) is 0 Å². The quantitative estimate of drug-likeness (QED) is 0.447. The number of phenolic OH excluding ortho intramolecular Hbond substituents is 3. The molecule has 0 atom stereocenters. The van der Waals surface area contributed by atoms with E-state index in [1.807, 2.05) is 6.07 Å². The Labute approximate surface area is 122 Å². The molecule has 0 bridgehead atoms. The van der Waals surface area contributed by atoms with Gasteiger partial charge in [-0.2, -0.15) is 0 Å². The number of nitrogens with zero attached hydrogens (tertiary/aromatic N) is 2. The van der Waals surface area contributed by atoms with Gasteiger partial charge in [0.1, 0.15) is 5.75 Å². The topological polar surface area (TPSA) is 85.4 Å². The van der Waals surface area contributed by atoms with Crippen molar-refractivity contribution in [1.82, 2.24) is 0 Å². The summed E-state index contributed by atoms with van der Waals surface area (Å²) in [6.45, 7) is 0.906. The standard InChI is InChI=1S/C16H16N2O3/c19-14-6-2-1-4-12(14)10-17-8-9-18-11-13-5-3-7-15(20)16(13)21/h1-7,10-11,19-21H,8-9H2. The maximum atomic E-state index is 9.58. The second-order valence-electron chi connectivity index (χ2n) is 4.34. The van der Waals surface area contributed by atoms with E-state index in [4.69, 9.17) is 0 Å². The monoisotopic (exact) mass is 284 g/mol. The predicted octanol–water partition coefficient (Wildman–Crippen LogP) is 2.34. The van der Waals surface area contributed by atoms with Gasteiger partial charge in [-0.1, -0.05) is 18.2 Å². The van der Waals surface area contributed by atoms with Crippen LogP contribution in [0.15, 0.2) is 52.4 Å². The number of aliphatic imine (C=N–C) groups is 2. The second-order valence-corrected chi connectivity index (χ2v) is 4.34. The van der Waals surface area contributed by atoms with Crippen LogP contribution in [0.4, 0.5) is 0 Å². The van der Waals surface area contributed by atoms with Crippen LogP contribution in [-0.2, 0) is 0 Å². The molecule has 2 rings (SSSR count). The highest BCUT2D eigenvalue weighted by Gasteiger charge is 2.02. The third-order valence-corrected chi connectivity index (χ3v) is 2.80. The van der Waals surface area contributed by atoms with Gasteiger partial charge in [-0.15, -0.1) is 0 Å². The summed E-state index contributed by atoms with van der Waals surface area (Å²) < 4.78 is 0. The van der Waals surface area contributed by atoms with E-state index in [1.165, 1.54) is 12.3 Å². The highest BCUT2D eigenvalue weighted by atomic mass is 16.3. The van der Waals surface area contributed by atoms with E-state index in [9.17, 15) is 15.3 Å². The molecule has 2 aromatic rings. The van der Waals surface area contributed by atoms with Crippen LogP contribution < -0.4 is 0 Å². The van der Waals surface area contributed by atoms with Crippen LogP contribution in [0.2, 0.25) is 0 Å². The third-order valence-electron chi connectivity index (χ3n) is 2.80. The number of hydrogen-bond donors (Lipinski definition) is 3. The van der Waals surface area contributed by atoms with Gasteiger partial charge in [-0.05, 0) is 24.3 Å². The summed E-state index contributed by atoms with van der Waals surface area (Å²) in [5.74, 6) is -0.162. The Morgan fingerprint density at radius 3 is 2.00 bits per heavy atom. The molecule has 0 amide bonds. The van der Waals surface area contributed by atoms with Gasteiger partial charge in [-0.3, -0.25) is 9.98 Å². The molecular weight excluding hydrogens is 268 g/mol. The lowest BCUT2D eigenvalue weighted by molar-refractivity contribution is 0.403. The fourth-order valence-electron chi connectivity index (χ4n) is 1.69. The molecule has 0 heterocycles. The highest BCUT2D eigenvalue weighted by molar-refractivity contribution is 5.85. The number of benzene rings is 2. The fourth-order valence-corrected chi connectivity index (χ4v) is 1.69. The molecule has 5 nitrogen and oxygen atoms in total. The van der Waals surface area contributed by atoms with Gasteiger partial charge >= 0.3 is 0 Å². The van der Waals surface area contributed by atoms with Crippen molar-refractivity contribution in [2.45, 2.75) is 0 Å². The minimum atomic E-state index is -0.182. The molecule has 0 unspecified atom stereocenters. The van der Waals surface area contributed by atoms with Crippen LogP contribution in [0.1, 0.15) is 11.1 Å². The van der Waals surface area contributed by atoms with Crippen molar-refractivity contribution < 1.29 is 15.3 Å².